The zero-order chi connectivity index (χ0) is 20.6. The van der Waals surface area contributed by atoms with Gasteiger partial charge in [-0.05, 0) is 37.1 Å². The van der Waals surface area contributed by atoms with Crippen LogP contribution in [0.5, 0.6) is 11.5 Å². The van der Waals surface area contributed by atoms with Crippen molar-refractivity contribution in [3.8, 4) is 11.5 Å². The molecule has 0 saturated carbocycles. The number of anilines is 2. The van der Waals surface area contributed by atoms with Gasteiger partial charge >= 0.3 is 0 Å². The third-order valence-corrected chi connectivity index (χ3v) is 6.84. The highest BCUT2D eigenvalue weighted by Crippen LogP contribution is 2.36. The maximum Gasteiger partial charge on any atom is 0.231 e. The SMILES string of the molecule is c1ccc2c(N3CCN(C4CCN(c5ccc6c(c5)OCO6)CC4)CC3)ncnc2c1. The van der Waals surface area contributed by atoms with E-state index < -0.39 is 0 Å². The molecule has 0 spiro atoms. The summed E-state index contributed by atoms with van der Waals surface area (Å²) < 4.78 is 11.0. The predicted octanol–water partition coefficient (Wildman–Crippen LogP) is 3.15. The third-order valence-electron chi connectivity index (χ3n) is 6.84. The van der Waals surface area contributed by atoms with E-state index in [1.165, 1.54) is 18.5 Å². The minimum atomic E-state index is 0.331. The van der Waals surface area contributed by atoms with Crippen molar-refractivity contribution < 1.29 is 9.47 Å². The molecule has 0 amide bonds. The first-order chi connectivity index (χ1) is 15.3. The van der Waals surface area contributed by atoms with E-state index in [0.29, 0.717) is 12.8 Å². The van der Waals surface area contributed by atoms with Gasteiger partial charge in [-0.2, -0.15) is 0 Å². The van der Waals surface area contributed by atoms with Crippen LogP contribution in [-0.4, -0.2) is 67.0 Å². The van der Waals surface area contributed by atoms with Gasteiger partial charge in [-0.1, -0.05) is 12.1 Å². The Labute approximate surface area is 182 Å². The van der Waals surface area contributed by atoms with Crippen molar-refractivity contribution in [2.75, 3.05) is 55.9 Å². The zero-order valence-electron chi connectivity index (χ0n) is 17.6. The second-order valence-corrected chi connectivity index (χ2v) is 8.49. The fourth-order valence-electron chi connectivity index (χ4n) is 5.11. The van der Waals surface area contributed by atoms with Crippen LogP contribution in [0.4, 0.5) is 11.5 Å². The molecule has 6 rings (SSSR count). The first-order valence-corrected chi connectivity index (χ1v) is 11.2. The highest BCUT2D eigenvalue weighted by molar-refractivity contribution is 5.89. The Bertz CT molecular complexity index is 1070. The van der Waals surface area contributed by atoms with Gasteiger partial charge in [-0.15, -0.1) is 0 Å². The maximum absolute atomic E-state index is 5.55. The Kier molecular flexibility index (Phi) is 4.76. The van der Waals surface area contributed by atoms with Gasteiger partial charge in [0.25, 0.3) is 0 Å². The lowest BCUT2D eigenvalue weighted by Crippen LogP contribution is -2.53. The second kappa shape index (κ2) is 7.89. The maximum atomic E-state index is 5.55. The van der Waals surface area contributed by atoms with Crippen LogP contribution in [0.25, 0.3) is 10.9 Å². The summed E-state index contributed by atoms with van der Waals surface area (Å²) in [6.45, 7) is 6.71. The monoisotopic (exact) mass is 417 g/mol. The lowest BCUT2D eigenvalue weighted by molar-refractivity contribution is 0.159. The summed E-state index contributed by atoms with van der Waals surface area (Å²) in [6, 6.07) is 15.3. The van der Waals surface area contributed by atoms with E-state index in [9.17, 15) is 0 Å². The van der Waals surface area contributed by atoms with Crippen molar-refractivity contribution in [1.82, 2.24) is 14.9 Å². The Morgan fingerprint density at radius 3 is 2.45 bits per heavy atom. The fourth-order valence-corrected chi connectivity index (χ4v) is 5.11. The van der Waals surface area contributed by atoms with E-state index in [1.807, 2.05) is 12.1 Å². The quantitative estimate of drug-likeness (QED) is 0.649. The number of benzene rings is 2. The summed E-state index contributed by atoms with van der Waals surface area (Å²) in [5.74, 6) is 2.80. The van der Waals surface area contributed by atoms with Crippen LogP contribution >= 0.6 is 0 Å². The number of hydrogen-bond acceptors (Lipinski definition) is 7. The van der Waals surface area contributed by atoms with Gasteiger partial charge < -0.3 is 19.3 Å². The standard InChI is InChI=1S/C24H27N5O2/c1-2-4-21-20(3-1)24(26-16-25-21)29-13-11-28(12-14-29)18-7-9-27(10-8-18)19-5-6-22-23(15-19)31-17-30-22/h1-6,15-16,18H,7-14,17H2. The molecule has 31 heavy (non-hydrogen) atoms. The molecule has 3 aromatic rings. The highest BCUT2D eigenvalue weighted by Gasteiger charge is 2.29. The van der Waals surface area contributed by atoms with Crippen LogP contribution in [0, 0.1) is 0 Å². The Balaban J connectivity index is 1.07. The summed E-state index contributed by atoms with van der Waals surface area (Å²) in [5, 5.41) is 1.15. The first kappa shape index (κ1) is 18.7. The van der Waals surface area contributed by atoms with E-state index in [-0.39, 0.29) is 0 Å². The molecular formula is C24H27N5O2. The van der Waals surface area contributed by atoms with Gasteiger partial charge in [-0.3, -0.25) is 4.90 Å². The number of nitrogens with zero attached hydrogens (tertiary/aromatic N) is 5. The lowest BCUT2D eigenvalue weighted by atomic mass is 10.0. The van der Waals surface area contributed by atoms with E-state index in [2.05, 4.69) is 55.0 Å². The molecule has 4 heterocycles. The van der Waals surface area contributed by atoms with Crippen LogP contribution in [0.2, 0.25) is 0 Å². The molecular weight excluding hydrogens is 390 g/mol. The molecule has 3 aliphatic heterocycles. The average Bonchev–Trinajstić information content (AvgIpc) is 3.32. The Morgan fingerprint density at radius 1 is 0.774 bits per heavy atom. The van der Waals surface area contributed by atoms with E-state index in [0.717, 1.165) is 67.5 Å². The number of ether oxygens (including phenoxy) is 2. The minimum absolute atomic E-state index is 0.331. The van der Waals surface area contributed by atoms with Crippen LogP contribution in [0.3, 0.4) is 0 Å². The van der Waals surface area contributed by atoms with Crippen LogP contribution < -0.4 is 19.3 Å². The highest BCUT2D eigenvalue weighted by atomic mass is 16.7. The molecule has 0 atom stereocenters. The molecule has 1 aromatic heterocycles. The third kappa shape index (κ3) is 3.53. The van der Waals surface area contributed by atoms with Crippen LogP contribution in [0.1, 0.15) is 12.8 Å². The second-order valence-electron chi connectivity index (χ2n) is 8.49. The van der Waals surface area contributed by atoms with Crippen molar-refractivity contribution in [2.24, 2.45) is 0 Å². The van der Waals surface area contributed by atoms with Gasteiger partial charge in [0, 0.05) is 62.5 Å². The van der Waals surface area contributed by atoms with E-state index in [1.54, 1.807) is 6.33 Å². The summed E-state index contributed by atoms with van der Waals surface area (Å²) in [7, 11) is 0. The number of piperidine rings is 1. The number of rotatable bonds is 3. The van der Waals surface area contributed by atoms with Gasteiger partial charge in [0.2, 0.25) is 6.79 Å². The normalized spacial score (nSPS) is 19.9. The molecule has 2 saturated heterocycles. The van der Waals surface area contributed by atoms with Gasteiger partial charge in [0.05, 0.1) is 5.52 Å². The molecule has 0 unspecified atom stereocenters. The first-order valence-electron chi connectivity index (χ1n) is 11.2. The molecule has 7 nitrogen and oxygen atoms in total. The Morgan fingerprint density at radius 2 is 1.58 bits per heavy atom. The van der Waals surface area contributed by atoms with Gasteiger partial charge in [0.1, 0.15) is 12.1 Å². The largest absolute Gasteiger partial charge is 0.454 e. The Hall–Kier alpha value is -3.06. The van der Waals surface area contributed by atoms with Crippen molar-refractivity contribution in [1.29, 1.82) is 0 Å². The van der Waals surface area contributed by atoms with E-state index >= 15 is 0 Å². The molecule has 0 bridgehead atoms. The molecule has 7 heteroatoms. The van der Waals surface area contributed by atoms with Crippen LogP contribution in [-0.2, 0) is 0 Å². The summed E-state index contributed by atoms with van der Waals surface area (Å²) >= 11 is 0. The number of piperazine rings is 1. The smallest absolute Gasteiger partial charge is 0.231 e. The zero-order valence-corrected chi connectivity index (χ0v) is 17.6. The minimum Gasteiger partial charge on any atom is -0.454 e. The molecule has 0 radical (unpaired) electrons. The van der Waals surface area contributed by atoms with Gasteiger partial charge in [-0.25, -0.2) is 9.97 Å². The van der Waals surface area contributed by atoms with Crippen LogP contribution in [0.15, 0.2) is 48.8 Å². The van der Waals surface area contributed by atoms with Gasteiger partial charge in [0.15, 0.2) is 11.5 Å². The number of hydrogen-bond donors (Lipinski definition) is 0. The van der Waals surface area contributed by atoms with Crippen molar-refractivity contribution >= 4 is 22.4 Å². The lowest BCUT2D eigenvalue weighted by Gasteiger charge is -2.43. The molecule has 2 aromatic carbocycles. The summed E-state index contributed by atoms with van der Waals surface area (Å²) in [6.07, 6.45) is 4.09. The summed E-state index contributed by atoms with van der Waals surface area (Å²) in [5.41, 5.74) is 2.26. The molecule has 2 fully saturated rings. The average molecular weight is 418 g/mol. The summed E-state index contributed by atoms with van der Waals surface area (Å²) in [4.78, 5) is 16.6. The predicted molar refractivity (Wildman–Crippen MR) is 121 cm³/mol. The molecule has 0 N–H and O–H groups in total. The number of fused-ring (bicyclic) bond motifs is 2. The fraction of sp³-hybridized carbons (Fsp3) is 0.417. The number of para-hydroxylation sites is 1. The topological polar surface area (TPSA) is 54.0 Å². The van der Waals surface area contributed by atoms with Crippen molar-refractivity contribution in [3.63, 3.8) is 0 Å². The molecule has 0 aliphatic carbocycles. The van der Waals surface area contributed by atoms with E-state index in [4.69, 9.17) is 9.47 Å². The van der Waals surface area contributed by atoms with Crippen molar-refractivity contribution in [2.45, 2.75) is 18.9 Å². The molecule has 160 valence electrons. The molecule has 3 aliphatic rings. The van der Waals surface area contributed by atoms with Crippen molar-refractivity contribution in [3.05, 3.63) is 48.8 Å². The number of aromatic nitrogens is 2.